The van der Waals surface area contributed by atoms with Crippen LogP contribution in [0.15, 0.2) is 30.5 Å². The lowest BCUT2D eigenvalue weighted by Gasteiger charge is -2.22. The van der Waals surface area contributed by atoms with Crippen LogP contribution in [0, 0.1) is 0 Å². The van der Waals surface area contributed by atoms with E-state index >= 15 is 0 Å². The van der Waals surface area contributed by atoms with Crippen molar-refractivity contribution in [3.63, 3.8) is 0 Å². The predicted octanol–water partition coefficient (Wildman–Crippen LogP) is 3.42. The van der Waals surface area contributed by atoms with Crippen LogP contribution in [0.3, 0.4) is 0 Å². The summed E-state index contributed by atoms with van der Waals surface area (Å²) in [6, 6.07) is 8.70. The maximum atomic E-state index is 5.79. The maximum absolute atomic E-state index is 5.79. The zero-order valence-corrected chi connectivity index (χ0v) is 10.4. The number of nitrogens with zero attached hydrogens (tertiary/aromatic N) is 1. The highest BCUT2D eigenvalue weighted by Gasteiger charge is 2.21. The van der Waals surface area contributed by atoms with Crippen LogP contribution in [-0.2, 0) is 18.7 Å². The second kappa shape index (κ2) is 4.53. The predicted molar refractivity (Wildman–Crippen MR) is 69.4 cm³/mol. The summed E-state index contributed by atoms with van der Waals surface area (Å²) in [4.78, 5) is 7.76. The standard InChI is InChI=1S/C14H15ClN2/c15-8-13-9-16-14(17-13)12-6-5-10-3-1-2-4-11(10)7-12/h1-4,9,12H,5-8H2,(H,16,17). The number of hydrogen-bond acceptors (Lipinski definition) is 1. The SMILES string of the molecule is ClCc1cnc(C2CCc3ccccc3C2)[nH]1. The van der Waals surface area contributed by atoms with Crippen molar-refractivity contribution in [3.05, 3.63) is 53.1 Å². The first kappa shape index (κ1) is 10.8. The highest BCUT2D eigenvalue weighted by Crippen LogP contribution is 2.31. The van der Waals surface area contributed by atoms with Crippen LogP contribution in [0.2, 0.25) is 0 Å². The second-order valence-corrected chi connectivity index (χ2v) is 4.90. The van der Waals surface area contributed by atoms with E-state index < -0.39 is 0 Å². The molecule has 1 aromatic heterocycles. The number of aromatic amines is 1. The third-order valence-corrected chi connectivity index (χ3v) is 3.81. The zero-order valence-electron chi connectivity index (χ0n) is 9.62. The number of imidazole rings is 1. The highest BCUT2D eigenvalue weighted by molar-refractivity contribution is 6.16. The zero-order chi connectivity index (χ0) is 11.7. The van der Waals surface area contributed by atoms with Gasteiger partial charge in [0.25, 0.3) is 0 Å². The van der Waals surface area contributed by atoms with Crippen LogP contribution in [0.25, 0.3) is 0 Å². The van der Waals surface area contributed by atoms with Gasteiger partial charge in [-0.3, -0.25) is 0 Å². The van der Waals surface area contributed by atoms with Crippen LogP contribution in [0.4, 0.5) is 0 Å². The molecular weight excluding hydrogens is 232 g/mol. The van der Waals surface area contributed by atoms with Crippen LogP contribution >= 0.6 is 11.6 Å². The molecular formula is C14H15ClN2. The van der Waals surface area contributed by atoms with Gasteiger partial charge in [-0.2, -0.15) is 0 Å². The first-order valence-electron chi connectivity index (χ1n) is 6.03. The summed E-state index contributed by atoms with van der Waals surface area (Å²) in [5, 5.41) is 0. The van der Waals surface area contributed by atoms with Gasteiger partial charge in [0.05, 0.1) is 5.88 Å². The number of halogens is 1. The van der Waals surface area contributed by atoms with Crippen LogP contribution in [-0.4, -0.2) is 9.97 Å². The average Bonchev–Trinajstić information content (AvgIpc) is 2.87. The molecule has 0 amide bonds. The third-order valence-electron chi connectivity index (χ3n) is 3.53. The number of rotatable bonds is 2. The molecule has 0 saturated carbocycles. The Labute approximate surface area is 106 Å². The molecule has 0 bridgehead atoms. The van der Waals surface area contributed by atoms with E-state index in [2.05, 4.69) is 34.2 Å². The largest absolute Gasteiger partial charge is 0.345 e. The number of benzene rings is 1. The van der Waals surface area contributed by atoms with Crippen LogP contribution in [0.1, 0.15) is 35.0 Å². The summed E-state index contributed by atoms with van der Waals surface area (Å²) in [5.74, 6) is 2.12. The fourth-order valence-electron chi connectivity index (χ4n) is 2.58. The van der Waals surface area contributed by atoms with E-state index in [0.29, 0.717) is 11.8 Å². The van der Waals surface area contributed by atoms with E-state index in [0.717, 1.165) is 24.4 Å². The average molecular weight is 247 g/mol. The minimum Gasteiger partial charge on any atom is -0.345 e. The van der Waals surface area contributed by atoms with Crippen molar-refractivity contribution in [3.8, 4) is 0 Å². The lowest BCUT2D eigenvalue weighted by atomic mass is 9.83. The van der Waals surface area contributed by atoms with E-state index in [4.69, 9.17) is 11.6 Å². The number of alkyl halides is 1. The molecule has 1 aliphatic rings. The number of hydrogen-bond donors (Lipinski definition) is 1. The van der Waals surface area contributed by atoms with Gasteiger partial charge in [-0.25, -0.2) is 4.98 Å². The molecule has 2 nitrogen and oxygen atoms in total. The van der Waals surface area contributed by atoms with Gasteiger partial charge in [-0.1, -0.05) is 24.3 Å². The van der Waals surface area contributed by atoms with Gasteiger partial charge < -0.3 is 4.98 Å². The van der Waals surface area contributed by atoms with Gasteiger partial charge in [-0.05, 0) is 30.4 Å². The summed E-state index contributed by atoms with van der Waals surface area (Å²) in [6.45, 7) is 0. The Kier molecular flexibility index (Phi) is 2.89. The maximum Gasteiger partial charge on any atom is 0.109 e. The van der Waals surface area contributed by atoms with Crippen molar-refractivity contribution in [2.24, 2.45) is 0 Å². The molecule has 0 radical (unpaired) electrons. The van der Waals surface area contributed by atoms with Gasteiger partial charge in [0.1, 0.15) is 5.82 Å². The summed E-state index contributed by atoms with van der Waals surface area (Å²) in [7, 11) is 0. The molecule has 1 unspecified atom stereocenters. The minimum absolute atomic E-state index is 0.510. The van der Waals surface area contributed by atoms with Gasteiger partial charge in [-0.15, -0.1) is 11.6 Å². The molecule has 1 aromatic carbocycles. The smallest absolute Gasteiger partial charge is 0.109 e. The van der Waals surface area contributed by atoms with E-state index in [1.54, 1.807) is 0 Å². The first-order chi connectivity index (χ1) is 8.36. The number of H-pyrrole nitrogens is 1. The lowest BCUT2D eigenvalue weighted by molar-refractivity contribution is 0.559. The molecule has 0 saturated heterocycles. The molecule has 17 heavy (non-hydrogen) atoms. The van der Waals surface area contributed by atoms with E-state index in [-0.39, 0.29) is 0 Å². The second-order valence-electron chi connectivity index (χ2n) is 4.64. The molecule has 3 rings (SSSR count). The Hall–Kier alpha value is -1.28. The Morgan fingerprint density at radius 3 is 2.88 bits per heavy atom. The quantitative estimate of drug-likeness (QED) is 0.809. The third kappa shape index (κ3) is 2.09. The van der Waals surface area contributed by atoms with Crippen molar-refractivity contribution in [1.29, 1.82) is 0 Å². The molecule has 2 aromatic rings. The first-order valence-corrected chi connectivity index (χ1v) is 6.57. The highest BCUT2D eigenvalue weighted by atomic mass is 35.5. The van der Waals surface area contributed by atoms with Crippen molar-refractivity contribution < 1.29 is 0 Å². The Balaban J connectivity index is 1.84. The van der Waals surface area contributed by atoms with E-state index in [1.165, 1.54) is 17.5 Å². The van der Waals surface area contributed by atoms with Crippen molar-refractivity contribution >= 4 is 11.6 Å². The minimum atomic E-state index is 0.510. The summed E-state index contributed by atoms with van der Waals surface area (Å²) < 4.78 is 0. The number of nitrogens with one attached hydrogen (secondary N) is 1. The molecule has 1 aliphatic carbocycles. The molecule has 88 valence electrons. The number of aryl methyl sites for hydroxylation is 1. The van der Waals surface area contributed by atoms with E-state index in [9.17, 15) is 0 Å². The van der Waals surface area contributed by atoms with Gasteiger partial charge >= 0.3 is 0 Å². The molecule has 0 aliphatic heterocycles. The summed E-state index contributed by atoms with van der Waals surface area (Å²) in [6.07, 6.45) is 5.26. The molecule has 3 heteroatoms. The van der Waals surface area contributed by atoms with Gasteiger partial charge in [0, 0.05) is 17.8 Å². The lowest BCUT2D eigenvalue weighted by Crippen LogP contribution is -2.13. The Morgan fingerprint density at radius 2 is 2.12 bits per heavy atom. The molecule has 1 heterocycles. The summed E-state index contributed by atoms with van der Waals surface area (Å²) >= 11 is 5.79. The fourth-order valence-corrected chi connectivity index (χ4v) is 2.72. The topological polar surface area (TPSA) is 28.7 Å². The van der Waals surface area contributed by atoms with Crippen molar-refractivity contribution in [2.45, 2.75) is 31.1 Å². The number of fused-ring (bicyclic) bond motifs is 1. The van der Waals surface area contributed by atoms with Crippen LogP contribution in [0.5, 0.6) is 0 Å². The van der Waals surface area contributed by atoms with Crippen molar-refractivity contribution in [2.75, 3.05) is 0 Å². The Morgan fingerprint density at radius 1 is 1.29 bits per heavy atom. The van der Waals surface area contributed by atoms with E-state index in [1.807, 2.05) is 6.20 Å². The Bertz CT molecular complexity index is 518. The van der Waals surface area contributed by atoms with Gasteiger partial charge in [0.2, 0.25) is 0 Å². The molecule has 0 spiro atoms. The number of aromatic nitrogens is 2. The summed E-state index contributed by atoms with van der Waals surface area (Å²) in [5.41, 5.74) is 3.97. The monoisotopic (exact) mass is 246 g/mol. The fraction of sp³-hybridized carbons (Fsp3) is 0.357. The molecule has 1 atom stereocenters. The van der Waals surface area contributed by atoms with Crippen LogP contribution < -0.4 is 0 Å². The van der Waals surface area contributed by atoms with Crippen molar-refractivity contribution in [1.82, 2.24) is 9.97 Å². The molecule has 0 fully saturated rings. The molecule has 1 N–H and O–H groups in total. The normalized spacial score (nSPS) is 19.0. The van der Waals surface area contributed by atoms with Gasteiger partial charge in [0.15, 0.2) is 0 Å².